The fraction of sp³-hybridized carbons (Fsp3) is 0.182. The molecule has 0 saturated heterocycles. The molecule has 2 aromatic rings. The number of thiazole rings is 1. The number of aryl methyl sites for hydroxylation is 1. The summed E-state index contributed by atoms with van der Waals surface area (Å²) >= 11 is 7.06. The molecule has 1 N–H and O–H groups in total. The number of halogens is 2. The topological polar surface area (TPSA) is 34.2 Å². The van der Waals surface area contributed by atoms with Crippen molar-refractivity contribution in [3.63, 3.8) is 0 Å². The minimum atomic E-state index is -0.462. The summed E-state index contributed by atoms with van der Waals surface area (Å²) in [5.74, 6) is 0.0294. The van der Waals surface area contributed by atoms with Gasteiger partial charge in [-0.05, 0) is 19.1 Å². The van der Waals surface area contributed by atoms with Gasteiger partial charge in [0, 0.05) is 13.1 Å². The van der Waals surface area contributed by atoms with Crippen molar-refractivity contribution in [3.05, 3.63) is 34.7 Å². The van der Waals surface area contributed by atoms with E-state index in [2.05, 4.69) is 10.3 Å². The van der Waals surface area contributed by atoms with Crippen LogP contribution in [0.3, 0.4) is 0 Å². The SMILES string of the molecule is CNc1nc(C)c(Oc2ccc(F)c(Cl)c2)s1. The predicted molar refractivity (Wildman–Crippen MR) is 67.9 cm³/mol. The molecule has 0 aliphatic carbocycles. The largest absolute Gasteiger partial charge is 0.445 e. The van der Waals surface area contributed by atoms with Crippen LogP contribution >= 0.6 is 22.9 Å². The number of benzene rings is 1. The van der Waals surface area contributed by atoms with Gasteiger partial charge in [-0.15, -0.1) is 0 Å². The predicted octanol–water partition coefficient (Wildman–Crippen LogP) is 4.08. The summed E-state index contributed by atoms with van der Waals surface area (Å²) in [6.45, 7) is 1.85. The van der Waals surface area contributed by atoms with Gasteiger partial charge in [0.25, 0.3) is 0 Å². The molecule has 6 heteroatoms. The van der Waals surface area contributed by atoms with Crippen molar-refractivity contribution in [2.75, 3.05) is 12.4 Å². The number of rotatable bonds is 3. The van der Waals surface area contributed by atoms with Gasteiger partial charge in [0.15, 0.2) is 5.13 Å². The summed E-state index contributed by atoms with van der Waals surface area (Å²) in [6.07, 6.45) is 0. The highest BCUT2D eigenvalue weighted by Gasteiger charge is 2.10. The quantitative estimate of drug-likeness (QED) is 0.914. The molecule has 0 radical (unpaired) electrons. The first-order chi connectivity index (χ1) is 8.10. The van der Waals surface area contributed by atoms with E-state index in [1.54, 1.807) is 7.05 Å². The van der Waals surface area contributed by atoms with Crippen LogP contribution in [0.2, 0.25) is 5.02 Å². The number of hydrogen-bond acceptors (Lipinski definition) is 4. The van der Waals surface area contributed by atoms with Crippen LogP contribution in [0.15, 0.2) is 18.2 Å². The third-order valence-electron chi connectivity index (χ3n) is 2.07. The van der Waals surface area contributed by atoms with Crippen LogP contribution in [0.1, 0.15) is 5.69 Å². The van der Waals surface area contributed by atoms with E-state index in [1.165, 1.54) is 29.5 Å². The third-order valence-corrected chi connectivity index (χ3v) is 3.41. The minimum Gasteiger partial charge on any atom is -0.445 e. The number of anilines is 1. The van der Waals surface area contributed by atoms with Gasteiger partial charge in [0.05, 0.1) is 10.7 Å². The Labute approximate surface area is 107 Å². The fourth-order valence-corrected chi connectivity index (χ4v) is 2.19. The van der Waals surface area contributed by atoms with E-state index in [-0.39, 0.29) is 5.02 Å². The van der Waals surface area contributed by atoms with Crippen molar-refractivity contribution in [3.8, 4) is 10.8 Å². The van der Waals surface area contributed by atoms with Crippen LogP contribution in [0.4, 0.5) is 9.52 Å². The Morgan fingerprint density at radius 2 is 2.24 bits per heavy atom. The molecule has 0 unspecified atom stereocenters. The Morgan fingerprint density at radius 3 is 2.82 bits per heavy atom. The van der Waals surface area contributed by atoms with E-state index in [4.69, 9.17) is 16.3 Å². The zero-order chi connectivity index (χ0) is 12.4. The minimum absolute atomic E-state index is 0.0403. The van der Waals surface area contributed by atoms with Crippen molar-refractivity contribution in [2.45, 2.75) is 6.92 Å². The zero-order valence-corrected chi connectivity index (χ0v) is 10.8. The second kappa shape index (κ2) is 4.89. The van der Waals surface area contributed by atoms with Crippen molar-refractivity contribution in [2.24, 2.45) is 0 Å². The molecule has 0 fully saturated rings. The van der Waals surface area contributed by atoms with Crippen LogP contribution < -0.4 is 10.1 Å². The fourth-order valence-electron chi connectivity index (χ4n) is 1.23. The second-order valence-corrected chi connectivity index (χ2v) is 4.69. The Balaban J connectivity index is 2.24. The van der Waals surface area contributed by atoms with Crippen LogP contribution in [-0.4, -0.2) is 12.0 Å². The summed E-state index contributed by atoms with van der Waals surface area (Å²) in [4.78, 5) is 4.24. The number of ether oxygens (including phenoxy) is 1. The van der Waals surface area contributed by atoms with Crippen LogP contribution in [-0.2, 0) is 0 Å². The van der Waals surface area contributed by atoms with Gasteiger partial charge in [-0.2, -0.15) is 0 Å². The molecule has 3 nitrogen and oxygen atoms in total. The van der Waals surface area contributed by atoms with Gasteiger partial charge in [-0.25, -0.2) is 9.37 Å². The average Bonchev–Trinajstić information content (AvgIpc) is 2.65. The van der Waals surface area contributed by atoms with Gasteiger partial charge >= 0.3 is 0 Å². The highest BCUT2D eigenvalue weighted by Crippen LogP contribution is 2.34. The highest BCUT2D eigenvalue weighted by atomic mass is 35.5. The Kier molecular flexibility index (Phi) is 3.49. The Morgan fingerprint density at radius 1 is 1.47 bits per heavy atom. The van der Waals surface area contributed by atoms with Crippen LogP contribution in [0, 0.1) is 12.7 Å². The van der Waals surface area contributed by atoms with E-state index in [0.29, 0.717) is 10.8 Å². The van der Waals surface area contributed by atoms with Crippen LogP contribution in [0.25, 0.3) is 0 Å². The van der Waals surface area contributed by atoms with E-state index in [9.17, 15) is 4.39 Å². The van der Waals surface area contributed by atoms with Crippen molar-refractivity contribution < 1.29 is 9.13 Å². The van der Waals surface area contributed by atoms with Crippen molar-refractivity contribution >= 4 is 28.1 Å². The molecule has 0 atom stereocenters. The van der Waals surface area contributed by atoms with Gasteiger partial charge in [0.2, 0.25) is 5.06 Å². The average molecular weight is 273 g/mol. The summed E-state index contributed by atoms with van der Waals surface area (Å²) in [7, 11) is 1.79. The van der Waals surface area contributed by atoms with Gasteiger partial charge < -0.3 is 10.1 Å². The van der Waals surface area contributed by atoms with E-state index in [1.807, 2.05) is 6.92 Å². The summed E-state index contributed by atoms with van der Waals surface area (Å²) in [5.41, 5.74) is 0.778. The van der Waals surface area contributed by atoms with Gasteiger partial charge in [0.1, 0.15) is 11.6 Å². The number of nitrogens with zero attached hydrogens (tertiary/aromatic N) is 1. The maximum atomic E-state index is 13.0. The molecular formula is C11H10ClFN2OS. The van der Waals surface area contributed by atoms with E-state index >= 15 is 0 Å². The molecule has 0 aliphatic rings. The molecule has 0 saturated carbocycles. The molecule has 90 valence electrons. The lowest BCUT2D eigenvalue weighted by atomic mass is 10.3. The molecule has 0 bridgehead atoms. The number of nitrogens with one attached hydrogen (secondary N) is 1. The molecule has 1 aromatic heterocycles. The Bertz CT molecular complexity index is 544. The number of aromatic nitrogens is 1. The molecule has 0 aliphatic heterocycles. The first-order valence-electron chi connectivity index (χ1n) is 4.88. The van der Waals surface area contributed by atoms with Crippen LogP contribution in [0.5, 0.6) is 10.8 Å². The lowest BCUT2D eigenvalue weighted by Gasteiger charge is -2.03. The second-order valence-electron chi connectivity index (χ2n) is 3.32. The van der Waals surface area contributed by atoms with Gasteiger partial charge in [-0.1, -0.05) is 22.9 Å². The Hall–Kier alpha value is -1.33. The maximum Gasteiger partial charge on any atom is 0.205 e. The smallest absolute Gasteiger partial charge is 0.205 e. The molecule has 0 spiro atoms. The lowest BCUT2D eigenvalue weighted by Crippen LogP contribution is -1.86. The molecule has 17 heavy (non-hydrogen) atoms. The van der Waals surface area contributed by atoms with E-state index in [0.717, 1.165) is 10.8 Å². The summed E-state index contributed by atoms with van der Waals surface area (Å²) in [6, 6.07) is 4.24. The molecule has 0 amide bonds. The van der Waals surface area contributed by atoms with Gasteiger partial charge in [-0.3, -0.25) is 0 Å². The maximum absolute atomic E-state index is 13.0. The third kappa shape index (κ3) is 2.68. The summed E-state index contributed by atoms with van der Waals surface area (Å²) < 4.78 is 18.6. The molecular weight excluding hydrogens is 263 g/mol. The van der Waals surface area contributed by atoms with Crippen molar-refractivity contribution in [1.29, 1.82) is 0 Å². The monoisotopic (exact) mass is 272 g/mol. The zero-order valence-electron chi connectivity index (χ0n) is 9.25. The van der Waals surface area contributed by atoms with Crippen molar-refractivity contribution in [1.82, 2.24) is 4.98 Å². The molecule has 1 heterocycles. The summed E-state index contributed by atoms with van der Waals surface area (Å²) in [5, 5.41) is 4.41. The molecule has 1 aromatic carbocycles. The molecule has 2 rings (SSSR count). The lowest BCUT2D eigenvalue weighted by molar-refractivity contribution is 0.489. The first-order valence-corrected chi connectivity index (χ1v) is 6.07. The van der Waals surface area contributed by atoms with E-state index < -0.39 is 5.82 Å². The first kappa shape index (κ1) is 12.1. The number of hydrogen-bond donors (Lipinski definition) is 1. The standard InChI is InChI=1S/C11H10ClFN2OS/c1-6-10(17-11(14-2)15-6)16-7-3-4-9(13)8(12)5-7/h3-5H,1-2H3,(H,14,15). The highest BCUT2D eigenvalue weighted by molar-refractivity contribution is 7.17. The normalized spacial score (nSPS) is 10.4.